The molecule has 3 fully saturated rings. The van der Waals surface area contributed by atoms with E-state index in [9.17, 15) is 0 Å². The maximum atomic E-state index is 2.45. The minimum Gasteiger partial charge on any atom is -0.326 e. The summed E-state index contributed by atoms with van der Waals surface area (Å²) >= 11 is 0. The van der Waals surface area contributed by atoms with Crippen LogP contribution in [-0.2, 0) is 0 Å². The summed E-state index contributed by atoms with van der Waals surface area (Å²) in [4.78, 5) is 0. The van der Waals surface area contributed by atoms with Crippen molar-refractivity contribution in [1.82, 2.24) is 0 Å². The quantitative estimate of drug-likeness (QED) is 0.589. The molecule has 3 aliphatic heterocycles. The van der Waals surface area contributed by atoms with Gasteiger partial charge in [-0.2, -0.15) is 0 Å². The summed E-state index contributed by atoms with van der Waals surface area (Å²) in [6.45, 7) is 6.71. The largest absolute Gasteiger partial charge is 0.326 e. The van der Waals surface area contributed by atoms with Crippen LogP contribution >= 0.6 is 0 Å². The van der Waals surface area contributed by atoms with E-state index in [0.717, 1.165) is 5.41 Å². The number of hydrogen-bond donors (Lipinski definition) is 0. The summed E-state index contributed by atoms with van der Waals surface area (Å²) in [6.07, 6.45) is 8.91. The molecule has 0 saturated carbocycles. The molecule has 1 nitrogen and oxygen atoms in total. The second kappa shape index (κ2) is 3.27. The van der Waals surface area contributed by atoms with Gasteiger partial charge in [-0.25, -0.2) is 0 Å². The molecule has 0 unspecified atom stereocenters. The highest BCUT2D eigenvalue weighted by molar-refractivity contribution is 4.86. The Morgan fingerprint density at radius 3 is 2.08 bits per heavy atom. The first-order valence-electron chi connectivity index (χ1n) is 6.02. The van der Waals surface area contributed by atoms with Crippen molar-refractivity contribution in [3.63, 3.8) is 0 Å². The number of unbranched alkanes of at least 4 members (excludes halogenated alkanes) is 1. The molecule has 0 aromatic rings. The van der Waals surface area contributed by atoms with Gasteiger partial charge in [0.05, 0.1) is 26.7 Å². The number of nitrogens with zero attached hydrogens (tertiary/aromatic N) is 1. The van der Waals surface area contributed by atoms with Crippen LogP contribution in [0.1, 0.15) is 45.4 Å². The Morgan fingerprint density at radius 1 is 1.08 bits per heavy atom. The van der Waals surface area contributed by atoms with E-state index in [1.165, 1.54) is 62.6 Å². The average molecular weight is 182 g/mol. The molecule has 0 aliphatic carbocycles. The SMILES string of the molecule is CCCCC12CC[N+](C)(CC1)CC2. The Hall–Kier alpha value is -0.0400. The molecule has 0 radical (unpaired) electrons. The Kier molecular flexibility index (Phi) is 2.39. The van der Waals surface area contributed by atoms with Crippen molar-refractivity contribution in [2.75, 3.05) is 26.7 Å². The maximum absolute atomic E-state index is 2.45. The zero-order chi connectivity index (χ0) is 9.36. The molecule has 0 aromatic carbocycles. The van der Waals surface area contributed by atoms with E-state index in [-0.39, 0.29) is 0 Å². The number of hydrogen-bond acceptors (Lipinski definition) is 0. The molecule has 3 aliphatic rings. The van der Waals surface area contributed by atoms with Crippen LogP contribution < -0.4 is 0 Å². The molecule has 0 spiro atoms. The molecular formula is C12H24N+. The highest BCUT2D eigenvalue weighted by Crippen LogP contribution is 2.46. The van der Waals surface area contributed by atoms with Crippen molar-refractivity contribution in [2.45, 2.75) is 45.4 Å². The number of rotatable bonds is 3. The molecule has 0 N–H and O–H groups in total. The standard InChI is InChI=1S/C12H24N/c1-3-4-5-12-6-9-13(2,10-7-12)11-8-12/h3-11H2,1-2H3/q+1. The lowest BCUT2D eigenvalue weighted by Crippen LogP contribution is -2.59. The van der Waals surface area contributed by atoms with Crippen LogP contribution in [0.4, 0.5) is 0 Å². The second-order valence-electron chi connectivity index (χ2n) is 5.64. The molecule has 0 amide bonds. The molecule has 76 valence electrons. The lowest BCUT2D eigenvalue weighted by Gasteiger charge is -2.53. The van der Waals surface area contributed by atoms with E-state index < -0.39 is 0 Å². The fraction of sp³-hybridized carbons (Fsp3) is 1.00. The van der Waals surface area contributed by atoms with Gasteiger partial charge in [0.15, 0.2) is 0 Å². The van der Waals surface area contributed by atoms with E-state index >= 15 is 0 Å². The predicted octanol–water partition coefficient (Wildman–Crippen LogP) is 2.81. The van der Waals surface area contributed by atoms with E-state index in [2.05, 4.69) is 14.0 Å². The highest BCUT2D eigenvalue weighted by atomic mass is 15.3. The molecule has 1 heteroatoms. The van der Waals surface area contributed by atoms with E-state index in [1.54, 1.807) is 0 Å². The summed E-state index contributed by atoms with van der Waals surface area (Å²) in [6, 6.07) is 0. The third kappa shape index (κ3) is 1.76. The smallest absolute Gasteiger partial charge is 0.0790 e. The van der Waals surface area contributed by atoms with E-state index in [4.69, 9.17) is 0 Å². The van der Waals surface area contributed by atoms with Gasteiger partial charge in [-0.1, -0.05) is 19.8 Å². The number of quaternary nitrogens is 1. The molecule has 0 atom stereocenters. The summed E-state index contributed by atoms with van der Waals surface area (Å²) < 4.78 is 1.38. The van der Waals surface area contributed by atoms with Gasteiger partial charge in [-0.3, -0.25) is 0 Å². The van der Waals surface area contributed by atoms with Gasteiger partial charge in [0, 0.05) is 19.3 Å². The fourth-order valence-corrected chi connectivity index (χ4v) is 3.16. The third-order valence-corrected chi connectivity index (χ3v) is 4.61. The normalized spacial score (nSPS) is 43.8. The Balaban J connectivity index is 1.95. The Morgan fingerprint density at radius 2 is 1.62 bits per heavy atom. The molecule has 3 rings (SSSR count). The first-order valence-corrected chi connectivity index (χ1v) is 6.02. The lowest BCUT2D eigenvalue weighted by atomic mass is 9.68. The topological polar surface area (TPSA) is 0 Å². The zero-order valence-corrected chi connectivity index (χ0v) is 9.31. The van der Waals surface area contributed by atoms with Crippen LogP contribution in [0.25, 0.3) is 0 Å². The van der Waals surface area contributed by atoms with Crippen LogP contribution in [0.15, 0.2) is 0 Å². The minimum absolute atomic E-state index is 0.798. The van der Waals surface area contributed by atoms with Gasteiger partial charge in [0.1, 0.15) is 0 Å². The van der Waals surface area contributed by atoms with Crippen LogP contribution in [-0.4, -0.2) is 31.2 Å². The van der Waals surface area contributed by atoms with Crippen molar-refractivity contribution in [3.8, 4) is 0 Å². The fourth-order valence-electron chi connectivity index (χ4n) is 3.16. The summed E-state index contributed by atoms with van der Waals surface area (Å²) in [7, 11) is 2.45. The lowest BCUT2D eigenvalue weighted by molar-refractivity contribution is -0.927. The Labute approximate surface area is 82.7 Å². The zero-order valence-electron chi connectivity index (χ0n) is 9.31. The van der Waals surface area contributed by atoms with Crippen LogP contribution in [0.2, 0.25) is 0 Å². The van der Waals surface area contributed by atoms with Crippen molar-refractivity contribution in [1.29, 1.82) is 0 Å². The summed E-state index contributed by atoms with van der Waals surface area (Å²) in [5, 5.41) is 0. The van der Waals surface area contributed by atoms with Gasteiger partial charge in [0.25, 0.3) is 0 Å². The van der Waals surface area contributed by atoms with E-state index in [1.807, 2.05) is 0 Å². The van der Waals surface area contributed by atoms with Crippen LogP contribution in [0.5, 0.6) is 0 Å². The second-order valence-corrected chi connectivity index (χ2v) is 5.64. The molecule has 2 bridgehead atoms. The molecule has 3 heterocycles. The van der Waals surface area contributed by atoms with Gasteiger partial charge in [0.2, 0.25) is 0 Å². The third-order valence-electron chi connectivity index (χ3n) is 4.61. The number of fused-ring (bicyclic) bond motifs is 3. The van der Waals surface area contributed by atoms with Crippen LogP contribution in [0, 0.1) is 5.41 Å². The molecular weight excluding hydrogens is 158 g/mol. The van der Waals surface area contributed by atoms with Crippen molar-refractivity contribution < 1.29 is 4.48 Å². The van der Waals surface area contributed by atoms with Crippen molar-refractivity contribution in [2.24, 2.45) is 5.41 Å². The van der Waals surface area contributed by atoms with Gasteiger partial charge < -0.3 is 4.48 Å². The van der Waals surface area contributed by atoms with Crippen LogP contribution in [0.3, 0.4) is 0 Å². The van der Waals surface area contributed by atoms with Gasteiger partial charge >= 0.3 is 0 Å². The van der Waals surface area contributed by atoms with Crippen molar-refractivity contribution in [3.05, 3.63) is 0 Å². The maximum Gasteiger partial charge on any atom is 0.0790 e. The molecule has 13 heavy (non-hydrogen) atoms. The van der Waals surface area contributed by atoms with Crippen molar-refractivity contribution >= 4 is 0 Å². The molecule has 3 saturated heterocycles. The number of piperidine rings is 3. The summed E-state index contributed by atoms with van der Waals surface area (Å²) in [5.74, 6) is 0. The Bertz CT molecular complexity index is 155. The average Bonchev–Trinajstić information content (AvgIpc) is 2.18. The minimum atomic E-state index is 0.798. The molecule has 0 aromatic heterocycles. The first kappa shape index (κ1) is 9.51. The van der Waals surface area contributed by atoms with E-state index in [0.29, 0.717) is 0 Å². The van der Waals surface area contributed by atoms with Gasteiger partial charge in [-0.05, 0) is 11.8 Å². The highest BCUT2D eigenvalue weighted by Gasteiger charge is 2.45. The predicted molar refractivity (Wildman–Crippen MR) is 56.6 cm³/mol. The van der Waals surface area contributed by atoms with Gasteiger partial charge in [-0.15, -0.1) is 0 Å². The monoisotopic (exact) mass is 182 g/mol. The first-order chi connectivity index (χ1) is 6.18. The summed E-state index contributed by atoms with van der Waals surface area (Å²) in [5.41, 5.74) is 0.798.